The van der Waals surface area contributed by atoms with Crippen LogP contribution in [0, 0.1) is 6.92 Å². The summed E-state index contributed by atoms with van der Waals surface area (Å²) in [6.45, 7) is 4.36. The Labute approximate surface area is 133 Å². The lowest BCUT2D eigenvalue weighted by Crippen LogP contribution is -2.12. The first-order valence-electron chi connectivity index (χ1n) is 7.01. The van der Waals surface area contributed by atoms with Gasteiger partial charge in [-0.3, -0.25) is 14.0 Å². The molecule has 0 aliphatic heterocycles. The Morgan fingerprint density at radius 3 is 2.61 bits per heavy atom. The van der Waals surface area contributed by atoms with Crippen molar-refractivity contribution >= 4 is 15.7 Å². The number of anilines is 1. The van der Waals surface area contributed by atoms with Crippen LogP contribution in [0.15, 0.2) is 48.0 Å². The van der Waals surface area contributed by atoms with Gasteiger partial charge in [-0.25, -0.2) is 18.4 Å². The van der Waals surface area contributed by atoms with Gasteiger partial charge in [0.05, 0.1) is 18.1 Å². The second-order valence-corrected chi connectivity index (χ2v) is 6.57. The Balaban J connectivity index is 1.81. The molecule has 0 bridgehead atoms. The molecule has 3 rings (SSSR count). The molecule has 0 aromatic carbocycles. The van der Waals surface area contributed by atoms with Crippen molar-refractivity contribution in [1.29, 1.82) is 0 Å². The first-order valence-corrected chi connectivity index (χ1v) is 8.49. The molecule has 8 nitrogen and oxygen atoms in total. The highest BCUT2D eigenvalue weighted by Crippen LogP contribution is 2.16. The lowest BCUT2D eigenvalue weighted by Gasteiger charge is -2.08. The molecule has 0 amide bonds. The molecule has 9 heteroatoms. The average Bonchev–Trinajstić information content (AvgIpc) is 3.17. The first kappa shape index (κ1) is 15.2. The Morgan fingerprint density at radius 1 is 1.22 bits per heavy atom. The van der Waals surface area contributed by atoms with Crippen LogP contribution in [0.5, 0.6) is 0 Å². The lowest BCUT2D eigenvalue weighted by atomic mass is 10.4. The fraction of sp³-hybridized carbons (Fsp3) is 0.214. The van der Waals surface area contributed by atoms with E-state index in [0.29, 0.717) is 18.1 Å². The third kappa shape index (κ3) is 3.09. The third-order valence-electron chi connectivity index (χ3n) is 3.32. The second kappa shape index (κ2) is 5.84. The number of aromatic nitrogens is 5. The summed E-state index contributed by atoms with van der Waals surface area (Å²) in [5.41, 5.74) is 0.385. The number of sulfonamides is 1. The van der Waals surface area contributed by atoms with Crippen LogP contribution in [0.25, 0.3) is 5.82 Å². The maximum absolute atomic E-state index is 12.3. The second-order valence-electron chi connectivity index (χ2n) is 4.89. The van der Waals surface area contributed by atoms with Gasteiger partial charge in [0.25, 0.3) is 10.0 Å². The molecular weight excluding hydrogens is 316 g/mol. The van der Waals surface area contributed by atoms with E-state index in [-0.39, 0.29) is 4.90 Å². The van der Waals surface area contributed by atoms with Crippen molar-refractivity contribution in [2.45, 2.75) is 25.3 Å². The molecule has 0 fully saturated rings. The van der Waals surface area contributed by atoms with E-state index < -0.39 is 10.0 Å². The van der Waals surface area contributed by atoms with Gasteiger partial charge in [-0.2, -0.15) is 5.10 Å². The molecule has 0 atom stereocenters. The number of hydrogen-bond acceptors (Lipinski definition) is 5. The van der Waals surface area contributed by atoms with Crippen LogP contribution in [0.1, 0.15) is 12.7 Å². The van der Waals surface area contributed by atoms with E-state index in [1.165, 1.54) is 18.6 Å². The largest absolute Gasteiger partial charge is 0.288 e. The number of imidazole rings is 1. The summed E-state index contributed by atoms with van der Waals surface area (Å²) >= 11 is 0. The number of pyridine rings is 1. The van der Waals surface area contributed by atoms with Gasteiger partial charge in [-0.05, 0) is 26.0 Å². The third-order valence-corrected chi connectivity index (χ3v) is 4.65. The van der Waals surface area contributed by atoms with E-state index in [9.17, 15) is 8.42 Å². The highest BCUT2D eigenvalue weighted by molar-refractivity contribution is 7.92. The summed E-state index contributed by atoms with van der Waals surface area (Å²) < 4.78 is 30.4. The molecule has 0 aliphatic rings. The zero-order valence-electron chi connectivity index (χ0n) is 12.7. The number of hydrogen-bond donors (Lipinski definition) is 1. The molecule has 3 aromatic heterocycles. The van der Waals surface area contributed by atoms with Crippen LogP contribution < -0.4 is 4.72 Å². The molecule has 0 spiro atoms. The minimum Gasteiger partial charge on any atom is -0.288 e. The van der Waals surface area contributed by atoms with E-state index in [4.69, 9.17) is 0 Å². The fourth-order valence-corrected chi connectivity index (χ4v) is 3.07. The van der Waals surface area contributed by atoms with Gasteiger partial charge in [-0.15, -0.1) is 0 Å². The predicted octanol–water partition coefficient (Wildman–Crippen LogP) is 1.59. The Morgan fingerprint density at radius 2 is 2.04 bits per heavy atom. The molecule has 120 valence electrons. The summed E-state index contributed by atoms with van der Waals surface area (Å²) in [5.74, 6) is 1.47. The molecule has 0 saturated carbocycles. The number of aryl methyl sites for hydroxylation is 2. The summed E-state index contributed by atoms with van der Waals surface area (Å²) in [5, 5.41) is 3.97. The van der Waals surface area contributed by atoms with Gasteiger partial charge in [-0.1, -0.05) is 0 Å². The van der Waals surface area contributed by atoms with Crippen LogP contribution in [0.2, 0.25) is 0 Å². The molecule has 0 saturated heterocycles. The van der Waals surface area contributed by atoms with Crippen LogP contribution in [0.4, 0.5) is 5.69 Å². The van der Waals surface area contributed by atoms with Crippen LogP contribution in [-0.2, 0) is 16.6 Å². The molecule has 0 unspecified atom stereocenters. The van der Waals surface area contributed by atoms with E-state index in [1.54, 1.807) is 29.2 Å². The SMILES string of the molecule is CCn1cc(S(=O)(=O)Nc2ccc(-n3ccnc3C)nc2)cn1. The van der Waals surface area contributed by atoms with Gasteiger partial charge < -0.3 is 0 Å². The lowest BCUT2D eigenvalue weighted by molar-refractivity contribution is 0.600. The Bertz CT molecular complexity index is 911. The van der Waals surface area contributed by atoms with Crippen molar-refractivity contribution < 1.29 is 8.42 Å². The molecular formula is C14H16N6O2S. The Hall–Kier alpha value is -2.68. The standard InChI is InChI=1S/C14H16N6O2S/c1-3-19-10-13(9-17-19)23(21,22)18-12-4-5-14(16-8-12)20-7-6-15-11(20)2/h4-10,18H,3H2,1-2H3. The molecule has 23 heavy (non-hydrogen) atoms. The summed E-state index contributed by atoms with van der Waals surface area (Å²) in [4.78, 5) is 8.50. The molecule has 3 aromatic rings. The molecule has 0 aliphatic carbocycles. The summed E-state index contributed by atoms with van der Waals surface area (Å²) in [6, 6.07) is 3.38. The van der Waals surface area contributed by atoms with Crippen molar-refractivity contribution in [3.8, 4) is 5.82 Å². The van der Waals surface area contributed by atoms with E-state index >= 15 is 0 Å². The number of rotatable bonds is 5. The van der Waals surface area contributed by atoms with Crippen molar-refractivity contribution in [1.82, 2.24) is 24.3 Å². The highest BCUT2D eigenvalue weighted by Gasteiger charge is 2.16. The maximum atomic E-state index is 12.3. The number of nitrogens with one attached hydrogen (secondary N) is 1. The zero-order valence-corrected chi connectivity index (χ0v) is 13.5. The number of nitrogens with zero attached hydrogens (tertiary/aromatic N) is 5. The average molecular weight is 332 g/mol. The molecule has 3 heterocycles. The van der Waals surface area contributed by atoms with Gasteiger partial charge in [0.15, 0.2) is 0 Å². The van der Waals surface area contributed by atoms with E-state index in [1.807, 2.05) is 18.4 Å². The van der Waals surface area contributed by atoms with Crippen LogP contribution >= 0.6 is 0 Å². The van der Waals surface area contributed by atoms with E-state index in [0.717, 1.165) is 5.82 Å². The first-order chi connectivity index (χ1) is 11.0. The van der Waals surface area contributed by atoms with Gasteiger partial charge >= 0.3 is 0 Å². The fourth-order valence-electron chi connectivity index (χ4n) is 2.08. The molecule has 1 N–H and O–H groups in total. The van der Waals surface area contributed by atoms with E-state index in [2.05, 4.69) is 19.8 Å². The smallest absolute Gasteiger partial charge is 0.265 e. The Kier molecular flexibility index (Phi) is 3.87. The van der Waals surface area contributed by atoms with Crippen molar-refractivity contribution in [3.05, 3.63) is 48.9 Å². The normalized spacial score (nSPS) is 11.6. The highest BCUT2D eigenvalue weighted by atomic mass is 32.2. The van der Waals surface area contributed by atoms with Gasteiger partial charge in [0.2, 0.25) is 0 Å². The van der Waals surface area contributed by atoms with Gasteiger partial charge in [0.1, 0.15) is 16.5 Å². The summed E-state index contributed by atoms with van der Waals surface area (Å²) in [6.07, 6.45) is 7.75. The predicted molar refractivity (Wildman–Crippen MR) is 84.8 cm³/mol. The minimum atomic E-state index is -3.67. The topological polar surface area (TPSA) is 94.7 Å². The van der Waals surface area contributed by atoms with Crippen molar-refractivity contribution in [2.24, 2.45) is 0 Å². The molecule has 0 radical (unpaired) electrons. The summed E-state index contributed by atoms with van der Waals surface area (Å²) in [7, 11) is -3.67. The quantitative estimate of drug-likeness (QED) is 0.765. The van der Waals surface area contributed by atoms with Crippen LogP contribution in [-0.4, -0.2) is 32.7 Å². The maximum Gasteiger partial charge on any atom is 0.265 e. The van der Waals surface area contributed by atoms with Crippen molar-refractivity contribution in [3.63, 3.8) is 0 Å². The van der Waals surface area contributed by atoms with Crippen LogP contribution in [0.3, 0.4) is 0 Å². The van der Waals surface area contributed by atoms with Gasteiger partial charge in [0, 0.05) is 25.1 Å². The zero-order chi connectivity index (χ0) is 16.4. The minimum absolute atomic E-state index is 0.119. The van der Waals surface area contributed by atoms with Crippen molar-refractivity contribution in [2.75, 3.05) is 4.72 Å². The monoisotopic (exact) mass is 332 g/mol.